The monoisotopic (exact) mass is 558 g/mol. The van der Waals surface area contributed by atoms with E-state index >= 15 is 0 Å². The topological polar surface area (TPSA) is 118 Å². The predicted octanol–water partition coefficient (Wildman–Crippen LogP) is 2.96. The number of piperidine rings is 2. The summed E-state index contributed by atoms with van der Waals surface area (Å²) in [5.74, 6) is -0.0705. The lowest BCUT2D eigenvalue weighted by atomic mass is 10.0. The molecule has 0 bridgehead atoms. The second-order valence-corrected chi connectivity index (χ2v) is 10.6. The van der Waals surface area contributed by atoms with Crippen LogP contribution in [0.25, 0.3) is 0 Å². The highest BCUT2D eigenvalue weighted by Gasteiger charge is 2.30. The first-order valence-electron chi connectivity index (χ1n) is 14.5. The number of esters is 1. The molecule has 0 saturated carbocycles. The number of amides is 4. The van der Waals surface area contributed by atoms with Gasteiger partial charge in [-0.3, -0.25) is 24.6 Å². The number of benzene rings is 1. The number of nitrogens with zero attached hydrogens (tertiary/aromatic N) is 3. The van der Waals surface area contributed by atoms with Gasteiger partial charge in [-0.1, -0.05) is 13.3 Å². The van der Waals surface area contributed by atoms with Gasteiger partial charge in [-0.25, -0.2) is 4.79 Å². The second-order valence-electron chi connectivity index (χ2n) is 10.6. The summed E-state index contributed by atoms with van der Waals surface area (Å²) in [6, 6.07) is 4.54. The molecule has 1 aromatic rings. The van der Waals surface area contributed by atoms with Gasteiger partial charge in [0.25, 0.3) is 5.91 Å². The zero-order valence-electron chi connectivity index (χ0n) is 23.7. The largest absolute Gasteiger partial charge is 0.495 e. The minimum atomic E-state index is -0.521. The van der Waals surface area contributed by atoms with Crippen LogP contribution in [0.2, 0.25) is 0 Å². The molecule has 0 spiro atoms. The normalized spacial score (nSPS) is 19.4. The van der Waals surface area contributed by atoms with Gasteiger partial charge < -0.3 is 24.0 Å². The van der Waals surface area contributed by atoms with Gasteiger partial charge >= 0.3 is 12.0 Å². The van der Waals surface area contributed by atoms with E-state index in [0.29, 0.717) is 43.1 Å². The van der Waals surface area contributed by atoms with E-state index in [-0.39, 0.29) is 43.0 Å². The molecule has 0 radical (unpaired) electrons. The number of nitrogens with one attached hydrogen (secondary N) is 1. The molecule has 3 saturated heterocycles. The Morgan fingerprint density at radius 2 is 1.70 bits per heavy atom. The minimum absolute atomic E-state index is 0.0997. The fourth-order valence-electron chi connectivity index (χ4n) is 5.40. The van der Waals surface area contributed by atoms with E-state index in [2.05, 4.69) is 17.1 Å². The molecule has 1 N–H and O–H groups in total. The van der Waals surface area contributed by atoms with E-state index in [4.69, 9.17) is 14.2 Å². The number of hydrogen-bond donors (Lipinski definition) is 1. The molecule has 0 atom stereocenters. The van der Waals surface area contributed by atoms with Crippen molar-refractivity contribution in [3.8, 4) is 5.75 Å². The van der Waals surface area contributed by atoms with E-state index < -0.39 is 6.03 Å². The Hall–Kier alpha value is -3.18. The Morgan fingerprint density at radius 3 is 2.35 bits per heavy atom. The van der Waals surface area contributed by atoms with Crippen LogP contribution in [0.4, 0.5) is 10.5 Å². The molecule has 3 heterocycles. The van der Waals surface area contributed by atoms with Gasteiger partial charge in [-0.2, -0.15) is 0 Å². The van der Waals surface area contributed by atoms with E-state index in [0.717, 1.165) is 58.2 Å². The number of hydrogen-bond acceptors (Lipinski definition) is 8. The average Bonchev–Trinajstić information content (AvgIpc) is 2.97. The molecule has 1 aromatic carbocycles. The van der Waals surface area contributed by atoms with E-state index in [1.54, 1.807) is 18.2 Å². The number of unbranched alkanes of at least 4 members (excludes halogenated alkanes) is 1. The molecule has 220 valence electrons. The van der Waals surface area contributed by atoms with Crippen molar-refractivity contribution in [3.05, 3.63) is 23.8 Å². The lowest BCUT2D eigenvalue weighted by Crippen LogP contribution is -2.49. The number of likely N-dealkylation sites (tertiary alicyclic amines) is 2. The Kier molecular flexibility index (Phi) is 10.8. The SMILES string of the molecule is CCCCOC(=O)CCN1CCC(OC2CCN(C(=O)c3ccc(OC)c(N4CCC(=O)NC4=O)c3)CC2)CC1. The lowest BCUT2D eigenvalue weighted by molar-refractivity contribution is -0.144. The fraction of sp³-hybridized carbons (Fsp3) is 0.655. The molecule has 3 fully saturated rings. The van der Waals surface area contributed by atoms with Crippen LogP contribution in [0.15, 0.2) is 18.2 Å². The number of methoxy groups -OCH3 is 1. The Morgan fingerprint density at radius 1 is 1.00 bits per heavy atom. The van der Waals surface area contributed by atoms with Crippen LogP contribution < -0.4 is 15.0 Å². The minimum Gasteiger partial charge on any atom is -0.495 e. The average molecular weight is 559 g/mol. The number of carbonyl (C=O) groups is 4. The van der Waals surface area contributed by atoms with Gasteiger partial charge in [0.1, 0.15) is 5.75 Å². The van der Waals surface area contributed by atoms with Crippen LogP contribution in [-0.2, 0) is 19.1 Å². The molecular formula is C29H42N4O7. The van der Waals surface area contributed by atoms with Crippen LogP contribution in [0.1, 0.15) is 68.6 Å². The summed E-state index contributed by atoms with van der Waals surface area (Å²) in [7, 11) is 1.51. The van der Waals surface area contributed by atoms with Crippen LogP contribution in [0, 0.1) is 0 Å². The molecule has 4 amide bonds. The smallest absolute Gasteiger partial charge is 0.328 e. The molecule has 11 heteroatoms. The predicted molar refractivity (Wildman–Crippen MR) is 148 cm³/mol. The van der Waals surface area contributed by atoms with Crippen LogP contribution in [0.5, 0.6) is 5.75 Å². The maximum Gasteiger partial charge on any atom is 0.328 e. The summed E-state index contributed by atoms with van der Waals surface area (Å²) in [5, 5.41) is 2.31. The summed E-state index contributed by atoms with van der Waals surface area (Å²) in [4.78, 5) is 54.7. The molecule has 3 aliphatic rings. The number of rotatable bonds is 11. The Bertz CT molecular complexity index is 1050. The maximum atomic E-state index is 13.3. The number of ether oxygens (including phenoxy) is 3. The van der Waals surface area contributed by atoms with Gasteiger partial charge in [-0.05, 0) is 50.3 Å². The van der Waals surface area contributed by atoms with E-state index in [9.17, 15) is 19.2 Å². The number of anilines is 1. The zero-order chi connectivity index (χ0) is 28.5. The molecule has 0 aromatic heterocycles. The van der Waals surface area contributed by atoms with E-state index in [1.807, 2.05) is 4.90 Å². The molecule has 0 unspecified atom stereocenters. The van der Waals surface area contributed by atoms with Crippen molar-refractivity contribution < 1.29 is 33.4 Å². The molecular weight excluding hydrogens is 516 g/mol. The molecule has 40 heavy (non-hydrogen) atoms. The quantitative estimate of drug-likeness (QED) is 0.325. The van der Waals surface area contributed by atoms with Crippen molar-refractivity contribution in [1.29, 1.82) is 0 Å². The third-order valence-corrected chi connectivity index (χ3v) is 7.81. The van der Waals surface area contributed by atoms with Crippen molar-refractivity contribution in [2.24, 2.45) is 0 Å². The van der Waals surface area contributed by atoms with Gasteiger partial charge in [0.15, 0.2) is 0 Å². The van der Waals surface area contributed by atoms with Gasteiger partial charge in [-0.15, -0.1) is 0 Å². The summed E-state index contributed by atoms with van der Waals surface area (Å²) < 4.78 is 17.1. The molecule has 0 aliphatic carbocycles. The van der Waals surface area contributed by atoms with Crippen molar-refractivity contribution in [2.75, 3.05) is 57.9 Å². The standard InChI is InChI=1S/C29H42N4O7/c1-3-4-19-39-27(35)12-15-31-13-7-22(8-14-31)40-23-9-16-32(17-10-23)28(36)21-5-6-25(38-2)24(20-21)33-18-11-26(34)30-29(33)37/h5-6,20,22-23H,3-4,7-19H2,1-2H3,(H,30,34,37). The number of urea groups is 1. The highest BCUT2D eigenvalue weighted by atomic mass is 16.5. The van der Waals surface area contributed by atoms with Crippen molar-refractivity contribution in [2.45, 2.75) is 70.5 Å². The first-order chi connectivity index (χ1) is 19.4. The third kappa shape index (κ3) is 7.94. The molecule has 4 rings (SSSR count). The van der Waals surface area contributed by atoms with Crippen molar-refractivity contribution >= 4 is 29.5 Å². The van der Waals surface area contributed by atoms with Gasteiger partial charge in [0, 0.05) is 51.3 Å². The van der Waals surface area contributed by atoms with Crippen LogP contribution in [0.3, 0.4) is 0 Å². The third-order valence-electron chi connectivity index (χ3n) is 7.81. The van der Waals surface area contributed by atoms with Crippen molar-refractivity contribution in [3.63, 3.8) is 0 Å². The van der Waals surface area contributed by atoms with Crippen molar-refractivity contribution in [1.82, 2.24) is 15.1 Å². The summed E-state index contributed by atoms with van der Waals surface area (Å²) in [6.07, 6.45) is 6.29. The summed E-state index contributed by atoms with van der Waals surface area (Å²) in [6.45, 7) is 6.56. The Balaban J connectivity index is 1.21. The highest BCUT2D eigenvalue weighted by molar-refractivity contribution is 6.07. The van der Waals surface area contributed by atoms with Gasteiger partial charge in [0.2, 0.25) is 5.91 Å². The maximum absolute atomic E-state index is 13.3. The fourth-order valence-corrected chi connectivity index (χ4v) is 5.40. The number of carbonyl (C=O) groups excluding carboxylic acids is 4. The second kappa shape index (κ2) is 14.5. The summed E-state index contributed by atoms with van der Waals surface area (Å²) in [5.41, 5.74) is 0.942. The first kappa shape index (κ1) is 29.8. The first-order valence-corrected chi connectivity index (χ1v) is 14.5. The summed E-state index contributed by atoms with van der Waals surface area (Å²) >= 11 is 0. The lowest BCUT2D eigenvalue weighted by Gasteiger charge is -2.37. The zero-order valence-corrected chi connectivity index (χ0v) is 23.7. The molecule has 11 nitrogen and oxygen atoms in total. The molecule has 3 aliphatic heterocycles. The number of imide groups is 1. The van der Waals surface area contributed by atoms with Crippen LogP contribution in [-0.4, -0.2) is 98.8 Å². The van der Waals surface area contributed by atoms with Gasteiger partial charge in [0.05, 0.1) is 38.0 Å². The van der Waals surface area contributed by atoms with E-state index in [1.165, 1.54) is 12.0 Å². The highest BCUT2D eigenvalue weighted by Crippen LogP contribution is 2.31. The van der Waals surface area contributed by atoms with Crippen LogP contribution >= 0.6 is 0 Å². The Labute approximate surface area is 236 Å².